The predicted octanol–water partition coefficient (Wildman–Crippen LogP) is 5.11. The third-order valence-corrected chi connectivity index (χ3v) is 5.40. The Kier molecular flexibility index (Phi) is 6.65. The van der Waals surface area contributed by atoms with Gasteiger partial charge in [-0.25, -0.2) is 0 Å². The van der Waals surface area contributed by atoms with E-state index in [1.54, 1.807) is 33.1 Å². The van der Waals surface area contributed by atoms with Gasteiger partial charge < -0.3 is 24.8 Å². The van der Waals surface area contributed by atoms with Crippen molar-refractivity contribution in [2.24, 2.45) is 0 Å². The number of phenolic OH excluding ortho intramolecular Hbond substituents is 2. The average Bonchev–Trinajstić information content (AvgIpc) is 2.70. The van der Waals surface area contributed by atoms with Crippen molar-refractivity contribution >= 4 is 11.9 Å². The number of aromatic hydroxyl groups is 2. The summed E-state index contributed by atoms with van der Waals surface area (Å²) in [6, 6.07) is 6.72. The molecule has 0 aromatic heterocycles. The van der Waals surface area contributed by atoms with E-state index in [1.165, 1.54) is 0 Å². The Morgan fingerprint density at radius 3 is 2.62 bits per heavy atom. The van der Waals surface area contributed by atoms with Gasteiger partial charge in [-0.05, 0) is 62.9 Å². The van der Waals surface area contributed by atoms with Crippen LogP contribution in [0.4, 0.5) is 0 Å². The van der Waals surface area contributed by atoms with Crippen LogP contribution in [0.1, 0.15) is 66.8 Å². The van der Waals surface area contributed by atoms with E-state index in [-0.39, 0.29) is 35.0 Å². The predicted molar refractivity (Wildman–Crippen MR) is 124 cm³/mol. The number of phenols is 2. The Balaban J connectivity index is 2.02. The molecule has 2 aromatic carbocycles. The number of methoxy groups -OCH3 is 1. The van der Waals surface area contributed by atoms with Crippen LogP contribution in [0.5, 0.6) is 23.0 Å². The van der Waals surface area contributed by atoms with Gasteiger partial charge in [0, 0.05) is 6.07 Å². The van der Waals surface area contributed by atoms with Crippen LogP contribution in [-0.2, 0) is 6.42 Å². The Morgan fingerprint density at radius 2 is 2.00 bits per heavy atom. The molecule has 0 bridgehead atoms. The number of hydrogen-bond donors (Lipinski definition) is 3. The number of carbonyl (C=O) groups excluding carboxylic acids is 1. The van der Waals surface area contributed by atoms with E-state index < -0.39 is 11.7 Å². The molecule has 1 aliphatic heterocycles. The highest BCUT2D eigenvalue weighted by Gasteiger charge is 2.33. The number of benzene rings is 2. The van der Waals surface area contributed by atoms with Crippen molar-refractivity contribution in [3.8, 4) is 23.0 Å². The number of rotatable bonds is 7. The molecule has 170 valence electrons. The van der Waals surface area contributed by atoms with Crippen LogP contribution >= 0.6 is 0 Å². The van der Waals surface area contributed by atoms with Crippen LogP contribution in [0, 0.1) is 0 Å². The van der Waals surface area contributed by atoms with Gasteiger partial charge in [0.15, 0.2) is 5.78 Å². The Morgan fingerprint density at radius 1 is 1.28 bits per heavy atom. The molecule has 0 spiro atoms. The lowest BCUT2D eigenvalue weighted by Gasteiger charge is -2.28. The van der Waals surface area contributed by atoms with Crippen LogP contribution in [0.3, 0.4) is 0 Å². The minimum atomic E-state index is -0.823. The van der Waals surface area contributed by atoms with Gasteiger partial charge in [-0.2, -0.15) is 0 Å². The van der Waals surface area contributed by atoms with Crippen molar-refractivity contribution in [3.63, 3.8) is 0 Å². The van der Waals surface area contributed by atoms with Gasteiger partial charge >= 0.3 is 0 Å². The summed E-state index contributed by atoms with van der Waals surface area (Å²) in [5, 5.41) is 30.8. The minimum absolute atomic E-state index is 0.0479. The molecule has 6 nitrogen and oxygen atoms in total. The topological polar surface area (TPSA) is 96.2 Å². The molecule has 2 aromatic rings. The second-order valence-electron chi connectivity index (χ2n) is 8.83. The summed E-state index contributed by atoms with van der Waals surface area (Å²) in [5.74, 6) is 0.0745. The van der Waals surface area contributed by atoms with E-state index in [1.807, 2.05) is 25.1 Å². The normalized spacial score (nSPS) is 16.0. The summed E-state index contributed by atoms with van der Waals surface area (Å²) in [5.41, 5.74) is 1.99. The summed E-state index contributed by atoms with van der Waals surface area (Å²) in [4.78, 5) is 12.9. The fourth-order valence-corrected chi connectivity index (χ4v) is 3.70. The first-order chi connectivity index (χ1) is 15.0. The number of carbonyl (C=O) groups is 1. The van der Waals surface area contributed by atoms with Crippen LogP contribution in [0.25, 0.3) is 6.08 Å². The average molecular weight is 439 g/mol. The van der Waals surface area contributed by atoms with E-state index in [0.29, 0.717) is 24.2 Å². The van der Waals surface area contributed by atoms with Gasteiger partial charge in [-0.15, -0.1) is 0 Å². The third kappa shape index (κ3) is 5.14. The molecule has 3 rings (SSSR count). The number of ketones is 1. The molecule has 0 saturated heterocycles. The maximum Gasteiger partial charge on any atom is 0.174 e. The molecule has 0 saturated carbocycles. The standard InChI is InChI=1S/C26H30O6/c1-15(2)6-8-18-19(27)13-20(28)24-21(29)14-23(32-25(18)24)16-7-9-22(31-5)17(12-16)10-11-26(3,4)30/h6-9,12-13,23,27-28,30H,1,10-11,14H2,2-5H3/t23-/m0/s1. The lowest BCUT2D eigenvalue weighted by atomic mass is 9.91. The third-order valence-electron chi connectivity index (χ3n) is 5.40. The summed E-state index contributed by atoms with van der Waals surface area (Å²) in [7, 11) is 1.59. The SMILES string of the molecule is C=C(C)C=Cc1c(O)cc(O)c2c1O[C@H](c1ccc(OC)c(CCC(C)(C)O)c1)CC2=O. The van der Waals surface area contributed by atoms with Crippen molar-refractivity contribution in [2.45, 2.75) is 51.7 Å². The molecule has 0 aliphatic carbocycles. The maximum atomic E-state index is 12.9. The van der Waals surface area contributed by atoms with E-state index >= 15 is 0 Å². The first-order valence-electron chi connectivity index (χ1n) is 10.5. The largest absolute Gasteiger partial charge is 0.507 e. The summed E-state index contributed by atoms with van der Waals surface area (Å²) in [6.07, 6.45) is 3.90. The van der Waals surface area contributed by atoms with Crippen LogP contribution < -0.4 is 9.47 Å². The molecule has 32 heavy (non-hydrogen) atoms. The molecule has 0 fully saturated rings. The van der Waals surface area contributed by atoms with Crippen LogP contribution in [-0.4, -0.2) is 33.8 Å². The molecule has 3 N–H and O–H groups in total. The minimum Gasteiger partial charge on any atom is -0.507 e. The van der Waals surface area contributed by atoms with Gasteiger partial charge in [-0.3, -0.25) is 4.79 Å². The van der Waals surface area contributed by atoms with Crippen molar-refractivity contribution in [2.75, 3.05) is 7.11 Å². The molecule has 6 heteroatoms. The fourth-order valence-electron chi connectivity index (χ4n) is 3.70. The van der Waals surface area contributed by atoms with Gasteiger partial charge in [0.2, 0.25) is 0 Å². The zero-order valence-electron chi connectivity index (χ0n) is 18.9. The smallest absolute Gasteiger partial charge is 0.174 e. The van der Waals surface area contributed by atoms with Gasteiger partial charge in [0.1, 0.15) is 34.7 Å². The van der Waals surface area contributed by atoms with Crippen LogP contribution in [0.15, 0.2) is 42.5 Å². The number of hydrogen-bond acceptors (Lipinski definition) is 6. The molecule has 0 radical (unpaired) electrons. The Hall–Kier alpha value is -3.25. The summed E-state index contributed by atoms with van der Waals surface area (Å²) in [6.45, 7) is 9.12. The molecule has 1 atom stereocenters. The molecular weight excluding hydrogens is 408 g/mol. The second kappa shape index (κ2) is 9.09. The highest BCUT2D eigenvalue weighted by Crippen LogP contribution is 2.46. The van der Waals surface area contributed by atoms with Gasteiger partial charge in [0.05, 0.1) is 24.7 Å². The van der Waals surface area contributed by atoms with Crippen LogP contribution in [0.2, 0.25) is 0 Å². The molecule has 1 heterocycles. The molecule has 0 amide bonds. The second-order valence-corrected chi connectivity index (χ2v) is 8.83. The Bertz CT molecular complexity index is 1070. The van der Waals surface area contributed by atoms with Crippen molar-refractivity contribution in [1.29, 1.82) is 0 Å². The Labute approximate surface area is 188 Å². The monoisotopic (exact) mass is 438 g/mol. The van der Waals surface area contributed by atoms with Crippen molar-refractivity contribution in [3.05, 3.63) is 64.7 Å². The quantitative estimate of drug-likeness (QED) is 0.520. The first kappa shape index (κ1) is 23.4. The molecular formula is C26H30O6. The molecule has 1 aliphatic rings. The number of aliphatic hydroxyl groups is 1. The van der Waals surface area contributed by atoms with Gasteiger partial charge in [-0.1, -0.05) is 24.3 Å². The van der Waals surface area contributed by atoms with E-state index in [4.69, 9.17) is 9.47 Å². The fraction of sp³-hybridized carbons (Fsp3) is 0.346. The zero-order valence-corrected chi connectivity index (χ0v) is 18.9. The van der Waals surface area contributed by atoms with E-state index in [0.717, 1.165) is 22.8 Å². The number of aryl methyl sites for hydroxylation is 1. The highest BCUT2D eigenvalue weighted by atomic mass is 16.5. The maximum absolute atomic E-state index is 12.9. The van der Waals surface area contributed by atoms with Gasteiger partial charge in [0.25, 0.3) is 0 Å². The lowest BCUT2D eigenvalue weighted by Crippen LogP contribution is -2.22. The number of Topliss-reactive ketones (excluding diaryl/α,β-unsaturated/α-hetero) is 1. The van der Waals surface area contributed by atoms with Crippen molar-refractivity contribution in [1.82, 2.24) is 0 Å². The van der Waals surface area contributed by atoms with E-state index in [9.17, 15) is 20.1 Å². The lowest BCUT2D eigenvalue weighted by molar-refractivity contribution is 0.0712. The number of fused-ring (bicyclic) bond motifs is 1. The molecule has 0 unspecified atom stereocenters. The summed E-state index contributed by atoms with van der Waals surface area (Å²) < 4.78 is 11.6. The summed E-state index contributed by atoms with van der Waals surface area (Å²) >= 11 is 0. The van der Waals surface area contributed by atoms with Crippen molar-refractivity contribution < 1.29 is 29.6 Å². The highest BCUT2D eigenvalue weighted by molar-refractivity contribution is 6.04. The number of allylic oxidation sites excluding steroid dienone is 2. The zero-order chi connectivity index (χ0) is 23.6. The first-order valence-corrected chi connectivity index (χ1v) is 10.5. The number of ether oxygens (including phenoxy) is 2. The van der Waals surface area contributed by atoms with E-state index in [2.05, 4.69) is 6.58 Å².